The minimum Gasteiger partial charge on any atom is -0.484 e. The normalized spacial score (nSPS) is 16.0. The Balaban J connectivity index is 1.37. The number of rotatable bonds is 7. The summed E-state index contributed by atoms with van der Waals surface area (Å²) < 4.78 is 7.32. The van der Waals surface area contributed by atoms with Gasteiger partial charge in [0.1, 0.15) is 5.75 Å². The molecule has 3 heterocycles. The van der Waals surface area contributed by atoms with Crippen molar-refractivity contribution >= 4 is 17.8 Å². The number of likely N-dealkylation sites (tertiary alicyclic amines) is 1. The second-order valence-electron chi connectivity index (χ2n) is 11.0. The Labute approximate surface area is 249 Å². The Morgan fingerprint density at radius 3 is 2.26 bits per heavy atom. The summed E-state index contributed by atoms with van der Waals surface area (Å²) in [6, 6.07) is 16.2. The van der Waals surface area contributed by atoms with Crippen LogP contribution in [-0.4, -0.2) is 70.3 Å². The van der Waals surface area contributed by atoms with Crippen molar-refractivity contribution in [1.82, 2.24) is 19.9 Å². The maximum Gasteiger partial charge on any atom is 0.263 e. The third-order valence-corrected chi connectivity index (χ3v) is 8.21. The minimum absolute atomic E-state index is 0.133. The van der Waals surface area contributed by atoms with E-state index in [1.165, 1.54) is 0 Å². The predicted octanol–water partition coefficient (Wildman–Crippen LogP) is 2.04. The fourth-order valence-electron chi connectivity index (χ4n) is 5.58. The molecule has 0 spiro atoms. The van der Waals surface area contributed by atoms with Crippen molar-refractivity contribution in [3.63, 3.8) is 0 Å². The van der Waals surface area contributed by atoms with Crippen LogP contribution in [-0.2, 0) is 16.6 Å². The summed E-state index contributed by atoms with van der Waals surface area (Å²) in [4.78, 5) is 46.9. The first-order valence-corrected chi connectivity index (χ1v) is 14.4. The third-order valence-electron chi connectivity index (χ3n) is 8.21. The lowest BCUT2D eigenvalue weighted by atomic mass is 9.96. The van der Waals surface area contributed by atoms with Gasteiger partial charge in [-0.1, -0.05) is 24.3 Å². The maximum absolute atomic E-state index is 13.9. The monoisotopic (exact) mass is 585 g/mol. The first kappa shape index (κ1) is 29.8. The molecule has 4 N–H and O–H groups in total. The average Bonchev–Trinajstić information content (AvgIpc) is 3.05. The van der Waals surface area contributed by atoms with Gasteiger partial charge in [0.15, 0.2) is 6.61 Å². The molecule has 0 bridgehead atoms. The first-order valence-electron chi connectivity index (χ1n) is 14.4. The van der Waals surface area contributed by atoms with Gasteiger partial charge in [0, 0.05) is 50.7 Å². The van der Waals surface area contributed by atoms with Crippen LogP contribution >= 0.6 is 0 Å². The van der Waals surface area contributed by atoms with Gasteiger partial charge in [0.25, 0.3) is 11.5 Å². The fourth-order valence-corrected chi connectivity index (χ4v) is 5.58. The molecule has 0 aliphatic carbocycles. The summed E-state index contributed by atoms with van der Waals surface area (Å²) in [7, 11) is 1.72. The van der Waals surface area contributed by atoms with Crippen LogP contribution in [0.15, 0.2) is 53.3 Å². The number of piperidine rings is 2. The molecule has 0 saturated carbocycles. The van der Waals surface area contributed by atoms with Gasteiger partial charge in [-0.2, -0.15) is 5.26 Å². The number of benzene rings is 2. The van der Waals surface area contributed by atoms with Crippen molar-refractivity contribution in [2.24, 2.45) is 18.7 Å². The zero-order chi connectivity index (χ0) is 30.5. The summed E-state index contributed by atoms with van der Waals surface area (Å²) in [6.45, 7) is 2.06. The van der Waals surface area contributed by atoms with E-state index in [0.717, 1.165) is 12.8 Å². The van der Waals surface area contributed by atoms with Gasteiger partial charge in [-0.15, -0.1) is 0 Å². The lowest BCUT2D eigenvalue weighted by Gasteiger charge is -2.32. The van der Waals surface area contributed by atoms with Crippen LogP contribution in [0.4, 0.5) is 5.95 Å². The zero-order valence-electron chi connectivity index (χ0n) is 24.0. The van der Waals surface area contributed by atoms with E-state index in [1.807, 2.05) is 0 Å². The molecule has 0 atom stereocenters. The topological polar surface area (TPSA) is 167 Å². The summed E-state index contributed by atoms with van der Waals surface area (Å²) in [5.74, 6) is 0.104. The molecule has 224 valence electrons. The highest BCUT2D eigenvalue weighted by Crippen LogP contribution is 2.31. The Kier molecular flexibility index (Phi) is 9.04. The molecular formula is C31H35N7O5. The molecule has 0 radical (unpaired) electrons. The Morgan fingerprint density at radius 2 is 1.65 bits per heavy atom. The smallest absolute Gasteiger partial charge is 0.263 e. The highest BCUT2D eigenvalue weighted by atomic mass is 16.5. The summed E-state index contributed by atoms with van der Waals surface area (Å²) >= 11 is 0. The number of nitrogens with two attached hydrogens (primary N) is 1. The van der Waals surface area contributed by atoms with Gasteiger partial charge in [-0.05, 0) is 55.5 Å². The maximum atomic E-state index is 13.9. The quantitative estimate of drug-likeness (QED) is 0.278. The van der Waals surface area contributed by atoms with E-state index in [9.17, 15) is 19.6 Å². The van der Waals surface area contributed by atoms with Crippen LogP contribution in [0.3, 0.4) is 0 Å². The number of nitrogens with one attached hydrogen (secondary N) is 1. The summed E-state index contributed by atoms with van der Waals surface area (Å²) in [5, 5.41) is 18.1. The molecule has 2 aliphatic heterocycles. The van der Waals surface area contributed by atoms with Crippen LogP contribution in [0.1, 0.15) is 31.2 Å². The number of hydroxylamine groups is 1. The summed E-state index contributed by atoms with van der Waals surface area (Å²) in [5.41, 5.74) is 10.4. The van der Waals surface area contributed by atoms with Crippen molar-refractivity contribution in [3.8, 4) is 34.2 Å². The van der Waals surface area contributed by atoms with Crippen LogP contribution in [0.5, 0.6) is 5.75 Å². The molecule has 3 aromatic rings. The van der Waals surface area contributed by atoms with Gasteiger partial charge >= 0.3 is 0 Å². The Bertz CT molecular complexity index is 1560. The fraction of sp³-hybridized carbons (Fsp3) is 0.387. The zero-order valence-corrected chi connectivity index (χ0v) is 24.0. The molecule has 2 aliphatic rings. The van der Waals surface area contributed by atoms with Crippen molar-refractivity contribution in [2.45, 2.75) is 31.7 Å². The minimum atomic E-state index is -0.429. The Morgan fingerprint density at radius 1 is 1.02 bits per heavy atom. The number of carbonyl (C=O) groups excluding carboxylic acids is 2. The lowest BCUT2D eigenvalue weighted by molar-refractivity contribution is -0.140. The van der Waals surface area contributed by atoms with Gasteiger partial charge in [0.05, 0.1) is 22.9 Å². The number of aromatic nitrogens is 2. The van der Waals surface area contributed by atoms with E-state index in [0.29, 0.717) is 78.7 Å². The molecule has 5 rings (SSSR count). The van der Waals surface area contributed by atoms with Gasteiger partial charge < -0.3 is 20.3 Å². The van der Waals surface area contributed by atoms with Crippen molar-refractivity contribution in [1.29, 1.82) is 5.26 Å². The number of nitrogens with zero attached hydrogens (tertiary/aromatic N) is 5. The molecule has 12 heteroatoms. The van der Waals surface area contributed by atoms with Crippen LogP contribution in [0.2, 0.25) is 0 Å². The highest BCUT2D eigenvalue weighted by Gasteiger charge is 2.28. The number of ether oxygens (including phenoxy) is 1. The predicted molar refractivity (Wildman–Crippen MR) is 159 cm³/mol. The number of nitriles is 1. The first-order chi connectivity index (χ1) is 20.8. The average molecular weight is 586 g/mol. The van der Waals surface area contributed by atoms with Gasteiger partial charge in [0.2, 0.25) is 11.9 Å². The molecule has 2 saturated heterocycles. The molecule has 2 fully saturated rings. The number of anilines is 1. The van der Waals surface area contributed by atoms with E-state index in [4.69, 9.17) is 20.7 Å². The standard InChI is InChI=1S/C31H35N7O5/c1-36-30(41)27(28(22-4-2-20(18-32)3-5-22)34-31(36)38-16-12-24(33)13-17-38)21-6-8-25(9-7-21)43-19-26(39)37-14-10-23(11-15-37)29(40)35-42/h2-9,23-24,42H,10-17,19,33H2,1H3,(H,35,40). The van der Waals surface area contributed by atoms with Crippen molar-refractivity contribution in [3.05, 3.63) is 64.4 Å². The molecule has 2 aromatic carbocycles. The summed E-state index contributed by atoms with van der Waals surface area (Å²) in [6.07, 6.45) is 2.57. The molecular weight excluding hydrogens is 550 g/mol. The van der Waals surface area contributed by atoms with E-state index in [2.05, 4.69) is 11.0 Å². The van der Waals surface area contributed by atoms with E-state index in [-0.39, 0.29) is 30.0 Å². The number of amides is 2. The highest BCUT2D eigenvalue weighted by molar-refractivity contribution is 5.82. The van der Waals surface area contributed by atoms with Crippen LogP contribution in [0.25, 0.3) is 22.4 Å². The second kappa shape index (κ2) is 13.1. The molecule has 12 nitrogen and oxygen atoms in total. The van der Waals surface area contributed by atoms with Crippen LogP contribution in [0, 0.1) is 17.2 Å². The van der Waals surface area contributed by atoms with E-state index >= 15 is 0 Å². The Hall–Kier alpha value is -4.73. The van der Waals surface area contributed by atoms with Crippen LogP contribution < -0.4 is 26.4 Å². The van der Waals surface area contributed by atoms with Crippen molar-refractivity contribution < 1.29 is 19.5 Å². The van der Waals surface area contributed by atoms with Gasteiger partial charge in [-0.25, -0.2) is 10.5 Å². The second-order valence-corrected chi connectivity index (χ2v) is 11.0. The SMILES string of the molecule is Cn1c(N2CCC(N)CC2)nc(-c2ccc(C#N)cc2)c(-c2ccc(OCC(=O)N3CCC(C(=O)NO)CC3)cc2)c1=O. The molecule has 0 unspecified atom stereocenters. The van der Waals surface area contributed by atoms with E-state index < -0.39 is 5.91 Å². The lowest BCUT2D eigenvalue weighted by Crippen LogP contribution is -2.44. The molecule has 1 aromatic heterocycles. The number of carbonyl (C=O) groups is 2. The van der Waals surface area contributed by atoms with Gasteiger partial charge in [-0.3, -0.25) is 24.2 Å². The van der Waals surface area contributed by atoms with E-state index in [1.54, 1.807) is 70.5 Å². The molecule has 2 amide bonds. The van der Waals surface area contributed by atoms with Crippen molar-refractivity contribution in [2.75, 3.05) is 37.7 Å². The molecule has 43 heavy (non-hydrogen) atoms. The largest absolute Gasteiger partial charge is 0.484 e. The number of hydrogen-bond acceptors (Lipinski definition) is 9. The number of hydrogen-bond donors (Lipinski definition) is 3. The third kappa shape index (κ3) is 6.53.